The van der Waals surface area contributed by atoms with Crippen LogP contribution in [-0.4, -0.2) is 25.7 Å². The van der Waals surface area contributed by atoms with E-state index in [1.165, 1.54) is 12.1 Å². The van der Waals surface area contributed by atoms with Crippen LogP contribution in [0.25, 0.3) is 0 Å². The van der Waals surface area contributed by atoms with Gasteiger partial charge in [0, 0.05) is 12.8 Å². The van der Waals surface area contributed by atoms with Gasteiger partial charge in [0.1, 0.15) is 5.82 Å². The Balaban J connectivity index is 2.82. The van der Waals surface area contributed by atoms with Gasteiger partial charge in [0.15, 0.2) is 0 Å². The molecule has 1 aromatic rings. The highest BCUT2D eigenvalue weighted by Gasteiger charge is 2.05. The molecule has 0 heterocycles. The van der Waals surface area contributed by atoms with Crippen LogP contribution < -0.4 is 16.6 Å². The van der Waals surface area contributed by atoms with Crippen molar-refractivity contribution in [3.63, 3.8) is 0 Å². The van der Waals surface area contributed by atoms with Gasteiger partial charge in [-0.1, -0.05) is 6.07 Å². The average Bonchev–Trinajstić information content (AvgIpc) is 2.33. The number of benzene rings is 1. The second-order valence-electron chi connectivity index (χ2n) is 4.01. The summed E-state index contributed by atoms with van der Waals surface area (Å²) < 4.78 is 18.1. The normalized spacial score (nSPS) is 13.3. The highest BCUT2D eigenvalue weighted by molar-refractivity contribution is 5.93. The molecule has 0 saturated carbocycles. The van der Waals surface area contributed by atoms with E-state index in [1.54, 1.807) is 13.2 Å². The Morgan fingerprint density at radius 1 is 1.56 bits per heavy atom. The van der Waals surface area contributed by atoms with Crippen molar-refractivity contribution >= 4 is 11.6 Å². The molecule has 0 radical (unpaired) electrons. The van der Waals surface area contributed by atoms with Crippen LogP contribution in [0.3, 0.4) is 0 Å². The van der Waals surface area contributed by atoms with E-state index in [0.717, 1.165) is 5.56 Å². The molecule has 1 rings (SSSR count). The number of rotatable bonds is 4. The van der Waals surface area contributed by atoms with Gasteiger partial charge in [-0.2, -0.15) is 0 Å². The Kier molecular flexibility index (Phi) is 5.54. The number of methoxy groups -OCH3 is 1. The number of aliphatic imine (C=N–C) groups is 1. The van der Waals surface area contributed by atoms with Gasteiger partial charge >= 0.3 is 0 Å². The van der Waals surface area contributed by atoms with Crippen molar-refractivity contribution in [3.05, 3.63) is 29.6 Å². The van der Waals surface area contributed by atoms with Crippen LogP contribution in [0.4, 0.5) is 10.1 Å². The van der Waals surface area contributed by atoms with Gasteiger partial charge in [-0.3, -0.25) is 5.43 Å². The molecule has 0 aliphatic heterocycles. The van der Waals surface area contributed by atoms with Crippen LogP contribution in [0, 0.1) is 12.7 Å². The fourth-order valence-corrected chi connectivity index (χ4v) is 1.46. The van der Waals surface area contributed by atoms with Crippen molar-refractivity contribution < 1.29 is 9.13 Å². The SMILES string of the molecule is COCC(C)N=C(NN)Nc1cc(F)ccc1C. The van der Waals surface area contributed by atoms with Crippen molar-refractivity contribution in [2.75, 3.05) is 19.0 Å². The number of anilines is 1. The zero-order valence-corrected chi connectivity index (χ0v) is 10.8. The zero-order chi connectivity index (χ0) is 13.5. The summed E-state index contributed by atoms with van der Waals surface area (Å²) >= 11 is 0. The molecule has 0 fully saturated rings. The number of nitrogens with zero attached hydrogens (tertiary/aromatic N) is 1. The van der Waals surface area contributed by atoms with Crippen LogP contribution >= 0.6 is 0 Å². The molecule has 0 bridgehead atoms. The number of hydrazine groups is 1. The maximum absolute atomic E-state index is 13.1. The van der Waals surface area contributed by atoms with Gasteiger partial charge < -0.3 is 10.1 Å². The third kappa shape index (κ3) is 4.31. The summed E-state index contributed by atoms with van der Waals surface area (Å²) in [7, 11) is 1.60. The van der Waals surface area contributed by atoms with Crippen molar-refractivity contribution in [2.24, 2.45) is 10.8 Å². The van der Waals surface area contributed by atoms with Gasteiger partial charge in [0.25, 0.3) is 0 Å². The molecule has 1 unspecified atom stereocenters. The molecule has 18 heavy (non-hydrogen) atoms. The number of ether oxygens (including phenoxy) is 1. The number of hydrogen-bond donors (Lipinski definition) is 3. The van der Waals surface area contributed by atoms with Crippen molar-refractivity contribution in [3.8, 4) is 0 Å². The Morgan fingerprint density at radius 2 is 2.28 bits per heavy atom. The number of guanidine groups is 1. The van der Waals surface area contributed by atoms with E-state index in [9.17, 15) is 4.39 Å². The van der Waals surface area contributed by atoms with E-state index in [0.29, 0.717) is 18.3 Å². The van der Waals surface area contributed by atoms with Gasteiger partial charge in [-0.25, -0.2) is 15.2 Å². The molecule has 0 spiro atoms. The van der Waals surface area contributed by atoms with E-state index in [2.05, 4.69) is 15.7 Å². The maximum Gasteiger partial charge on any atom is 0.210 e. The standard InChI is InChI=1S/C12H19FN4O/c1-8-4-5-10(13)6-11(8)16-12(17-14)15-9(2)7-18-3/h4-6,9H,7,14H2,1-3H3,(H2,15,16,17). The zero-order valence-electron chi connectivity index (χ0n) is 10.8. The summed E-state index contributed by atoms with van der Waals surface area (Å²) in [6, 6.07) is 4.43. The molecule has 1 atom stereocenters. The molecule has 100 valence electrons. The minimum absolute atomic E-state index is 0.0533. The summed E-state index contributed by atoms with van der Waals surface area (Å²) in [6.45, 7) is 4.24. The lowest BCUT2D eigenvalue weighted by atomic mass is 10.2. The molecule has 5 nitrogen and oxygen atoms in total. The highest BCUT2D eigenvalue weighted by atomic mass is 19.1. The molecule has 0 amide bonds. The van der Waals surface area contributed by atoms with Gasteiger partial charge in [0.05, 0.1) is 12.6 Å². The van der Waals surface area contributed by atoms with E-state index in [1.807, 2.05) is 13.8 Å². The largest absolute Gasteiger partial charge is 0.382 e. The van der Waals surface area contributed by atoms with Crippen LogP contribution in [0.5, 0.6) is 0 Å². The lowest BCUT2D eigenvalue weighted by Crippen LogP contribution is -2.37. The molecule has 0 aliphatic carbocycles. The van der Waals surface area contributed by atoms with E-state index in [4.69, 9.17) is 10.6 Å². The first-order valence-electron chi connectivity index (χ1n) is 5.63. The monoisotopic (exact) mass is 254 g/mol. The third-order valence-corrected chi connectivity index (χ3v) is 2.35. The number of nitrogens with two attached hydrogens (primary N) is 1. The minimum Gasteiger partial charge on any atom is -0.382 e. The Hall–Kier alpha value is -1.66. The number of halogens is 1. The van der Waals surface area contributed by atoms with Gasteiger partial charge in [-0.05, 0) is 31.5 Å². The van der Waals surface area contributed by atoms with Gasteiger partial charge in [-0.15, -0.1) is 0 Å². The second kappa shape index (κ2) is 6.93. The molecule has 0 aliphatic rings. The fourth-order valence-electron chi connectivity index (χ4n) is 1.46. The molecule has 0 saturated heterocycles. The third-order valence-electron chi connectivity index (χ3n) is 2.35. The first-order valence-corrected chi connectivity index (χ1v) is 5.63. The maximum atomic E-state index is 13.1. The summed E-state index contributed by atoms with van der Waals surface area (Å²) in [6.07, 6.45) is 0. The number of nitrogens with one attached hydrogen (secondary N) is 2. The second-order valence-corrected chi connectivity index (χ2v) is 4.01. The lowest BCUT2D eigenvalue weighted by molar-refractivity contribution is 0.185. The van der Waals surface area contributed by atoms with Crippen LogP contribution in [0.15, 0.2) is 23.2 Å². The summed E-state index contributed by atoms with van der Waals surface area (Å²) in [5, 5.41) is 2.95. The summed E-state index contributed by atoms with van der Waals surface area (Å²) in [5.41, 5.74) is 3.97. The predicted octanol–water partition coefficient (Wildman–Crippen LogP) is 1.40. The molecule has 0 aromatic heterocycles. The van der Waals surface area contributed by atoms with E-state index >= 15 is 0 Å². The van der Waals surface area contributed by atoms with Gasteiger partial charge in [0.2, 0.25) is 5.96 Å². The summed E-state index contributed by atoms with van der Waals surface area (Å²) in [4.78, 5) is 4.27. The molecule has 1 aromatic carbocycles. The Morgan fingerprint density at radius 3 is 2.89 bits per heavy atom. The molecule has 4 N–H and O–H groups in total. The number of hydrogen-bond acceptors (Lipinski definition) is 3. The average molecular weight is 254 g/mol. The molecular weight excluding hydrogens is 235 g/mol. The molecular formula is C12H19FN4O. The highest BCUT2D eigenvalue weighted by Crippen LogP contribution is 2.15. The first-order chi connectivity index (χ1) is 8.56. The first kappa shape index (κ1) is 14.4. The topological polar surface area (TPSA) is 71.7 Å². The predicted molar refractivity (Wildman–Crippen MR) is 70.9 cm³/mol. The van der Waals surface area contributed by atoms with Crippen LogP contribution in [0.2, 0.25) is 0 Å². The van der Waals surface area contributed by atoms with Crippen LogP contribution in [-0.2, 0) is 4.74 Å². The van der Waals surface area contributed by atoms with E-state index < -0.39 is 0 Å². The quantitative estimate of drug-likeness (QED) is 0.329. The fraction of sp³-hybridized carbons (Fsp3) is 0.417. The van der Waals surface area contributed by atoms with Crippen molar-refractivity contribution in [1.29, 1.82) is 0 Å². The minimum atomic E-state index is -0.315. The van der Waals surface area contributed by atoms with Crippen LogP contribution in [0.1, 0.15) is 12.5 Å². The Bertz CT molecular complexity index is 423. The lowest BCUT2D eigenvalue weighted by Gasteiger charge is -2.13. The number of aryl methyl sites for hydroxylation is 1. The van der Waals surface area contributed by atoms with Crippen molar-refractivity contribution in [1.82, 2.24) is 5.43 Å². The Labute approximate surface area is 106 Å². The van der Waals surface area contributed by atoms with E-state index in [-0.39, 0.29) is 11.9 Å². The molecule has 6 heteroatoms. The summed E-state index contributed by atoms with van der Waals surface area (Å²) in [5.74, 6) is 5.43. The smallest absolute Gasteiger partial charge is 0.210 e. The van der Waals surface area contributed by atoms with Crippen molar-refractivity contribution in [2.45, 2.75) is 19.9 Å².